The summed E-state index contributed by atoms with van der Waals surface area (Å²) in [6, 6.07) is 19.3. The molecule has 0 fully saturated rings. The van der Waals surface area contributed by atoms with Crippen LogP contribution >= 0.6 is 23.4 Å². The van der Waals surface area contributed by atoms with Gasteiger partial charge in [0.1, 0.15) is 0 Å². The third-order valence-corrected chi connectivity index (χ3v) is 5.34. The Morgan fingerprint density at radius 3 is 2.24 bits per heavy atom. The minimum atomic E-state index is -0.519. The van der Waals surface area contributed by atoms with E-state index in [2.05, 4.69) is 5.32 Å². The lowest BCUT2D eigenvalue weighted by Crippen LogP contribution is -2.11. The van der Waals surface area contributed by atoms with Crippen molar-refractivity contribution in [2.24, 2.45) is 0 Å². The lowest BCUT2D eigenvalue weighted by Gasteiger charge is -2.07. The minimum Gasteiger partial charge on any atom is -0.322 e. The quantitative estimate of drug-likeness (QED) is 0.234. The molecular weight excluding hydrogens is 412 g/mol. The maximum absolute atomic E-state index is 12.3. The Kier molecular flexibility index (Phi) is 6.64. The van der Waals surface area contributed by atoms with Crippen LogP contribution in [0.3, 0.4) is 0 Å². The van der Waals surface area contributed by atoms with E-state index in [-0.39, 0.29) is 23.1 Å². The van der Waals surface area contributed by atoms with Gasteiger partial charge in [-0.05, 0) is 48.5 Å². The van der Waals surface area contributed by atoms with Gasteiger partial charge in [-0.1, -0.05) is 23.7 Å². The molecular formula is C21H15ClN2O4S. The van der Waals surface area contributed by atoms with Gasteiger partial charge in [-0.15, -0.1) is 11.8 Å². The van der Waals surface area contributed by atoms with Crippen molar-refractivity contribution in [3.8, 4) is 0 Å². The number of carbonyl (C=O) groups is 2. The number of nitro groups is 1. The molecule has 146 valence electrons. The van der Waals surface area contributed by atoms with Crippen LogP contribution < -0.4 is 5.32 Å². The summed E-state index contributed by atoms with van der Waals surface area (Å²) in [4.78, 5) is 35.5. The molecule has 0 aliphatic rings. The molecule has 29 heavy (non-hydrogen) atoms. The first kappa shape index (κ1) is 20.6. The van der Waals surface area contributed by atoms with Gasteiger partial charge in [0.25, 0.3) is 11.6 Å². The first-order chi connectivity index (χ1) is 13.9. The van der Waals surface area contributed by atoms with Crippen LogP contribution in [0.1, 0.15) is 20.7 Å². The van der Waals surface area contributed by atoms with Gasteiger partial charge in [0.05, 0.1) is 15.7 Å². The van der Waals surface area contributed by atoms with Crippen molar-refractivity contribution in [1.29, 1.82) is 0 Å². The minimum absolute atomic E-state index is 0.0591. The first-order valence-electron chi connectivity index (χ1n) is 8.50. The molecule has 0 radical (unpaired) electrons. The van der Waals surface area contributed by atoms with E-state index in [9.17, 15) is 19.7 Å². The maximum atomic E-state index is 12.3. The van der Waals surface area contributed by atoms with E-state index < -0.39 is 4.92 Å². The summed E-state index contributed by atoms with van der Waals surface area (Å²) in [6.07, 6.45) is 0. The Morgan fingerprint density at radius 1 is 0.966 bits per heavy atom. The normalized spacial score (nSPS) is 10.4. The summed E-state index contributed by atoms with van der Waals surface area (Å²) < 4.78 is 0. The molecule has 0 aliphatic carbocycles. The van der Waals surface area contributed by atoms with E-state index in [1.807, 2.05) is 0 Å². The number of halogens is 1. The second-order valence-corrected chi connectivity index (χ2v) is 7.43. The molecule has 0 aromatic heterocycles. The fourth-order valence-electron chi connectivity index (χ4n) is 2.49. The summed E-state index contributed by atoms with van der Waals surface area (Å²) >= 11 is 7.42. The van der Waals surface area contributed by atoms with E-state index in [4.69, 9.17) is 11.6 Å². The van der Waals surface area contributed by atoms with Crippen LogP contribution in [0.5, 0.6) is 0 Å². The number of carbonyl (C=O) groups excluding carboxylic acids is 2. The van der Waals surface area contributed by atoms with Gasteiger partial charge in [0.15, 0.2) is 5.78 Å². The number of amides is 1. The molecule has 0 bridgehead atoms. The number of anilines is 1. The molecule has 0 saturated carbocycles. The molecule has 6 nitrogen and oxygen atoms in total. The van der Waals surface area contributed by atoms with Gasteiger partial charge < -0.3 is 5.32 Å². The molecule has 1 N–H and O–H groups in total. The smallest absolute Gasteiger partial charge is 0.269 e. The molecule has 8 heteroatoms. The predicted octanol–water partition coefficient (Wildman–Crippen LogP) is 5.48. The molecule has 3 aromatic rings. The number of nitro benzene ring substituents is 1. The molecule has 0 aliphatic heterocycles. The van der Waals surface area contributed by atoms with Gasteiger partial charge >= 0.3 is 0 Å². The van der Waals surface area contributed by atoms with Gasteiger partial charge in [0, 0.05) is 33.8 Å². The average molecular weight is 427 g/mol. The van der Waals surface area contributed by atoms with Gasteiger partial charge in [-0.25, -0.2) is 0 Å². The van der Waals surface area contributed by atoms with Crippen molar-refractivity contribution in [2.75, 3.05) is 11.1 Å². The number of Topliss-reactive ketones (excluding diaryl/α,β-unsaturated/α-hetero) is 1. The number of non-ortho nitro benzene ring substituents is 1. The van der Waals surface area contributed by atoms with E-state index in [0.717, 1.165) is 4.90 Å². The van der Waals surface area contributed by atoms with Crippen molar-refractivity contribution >= 4 is 46.4 Å². The van der Waals surface area contributed by atoms with E-state index in [0.29, 0.717) is 21.8 Å². The molecule has 0 heterocycles. The highest BCUT2D eigenvalue weighted by Crippen LogP contribution is 2.24. The van der Waals surface area contributed by atoms with Crippen molar-refractivity contribution < 1.29 is 14.5 Å². The third kappa shape index (κ3) is 5.43. The van der Waals surface area contributed by atoms with E-state index in [1.54, 1.807) is 48.5 Å². The summed E-state index contributed by atoms with van der Waals surface area (Å²) in [6.45, 7) is 0. The Labute approximate surface area is 176 Å². The van der Waals surface area contributed by atoms with Gasteiger partial charge in [-0.3, -0.25) is 19.7 Å². The Bertz CT molecular complexity index is 1050. The number of thioether (sulfide) groups is 1. The lowest BCUT2D eigenvalue weighted by molar-refractivity contribution is -0.384. The fraction of sp³-hybridized carbons (Fsp3) is 0.0476. The van der Waals surface area contributed by atoms with Crippen molar-refractivity contribution in [3.63, 3.8) is 0 Å². The zero-order chi connectivity index (χ0) is 20.8. The summed E-state index contributed by atoms with van der Waals surface area (Å²) in [5, 5.41) is 13.8. The molecule has 0 spiro atoms. The van der Waals surface area contributed by atoms with Crippen LogP contribution in [-0.4, -0.2) is 22.4 Å². The maximum Gasteiger partial charge on any atom is 0.269 e. The summed E-state index contributed by atoms with van der Waals surface area (Å²) in [7, 11) is 0. The van der Waals surface area contributed by atoms with Gasteiger partial charge in [0.2, 0.25) is 0 Å². The average Bonchev–Trinajstić information content (AvgIpc) is 2.73. The highest BCUT2D eigenvalue weighted by Gasteiger charge is 2.11. The van der Waals surface area contributed by atoms with Crippen molar-refractivity contribution in [1.82, 2.24) is 0 Å². The molecule has 0 unspecified atom stereocenters. The zero-order valence-corrected chi connectivity index (χ0v) is 16.6. The molecule has 3 rings (SSSR count). The number of hydrogen-bond donors (Lipinski definition) is 1. The second kappa shape index (κ2) is 9.36. The topological polar surface area (TPSA) is 89.3 Å². The number of hydrogen-bond acceptors (Lipinski definition) is 5. The molecule has 1 amide bonds. The van der Waals surface area contributed by atoms with Crippen molar-refractivity contribution in [3.05, 3.63) is 99.1 Å². The first-order valence-corrected chi connectivity index (χ1v) is 9.87. The Balaban J connectivity index is 1.57. The number of nitrogens with one attached hydrogen (secondary N) is 1. The van der Waals surface area contributed by atoms with Crippen LogP contribution in [0.4, 0.5) is 11.4 Å². The largest absolute Gasteiger partial charge is 0.322 e. The van der Waals surface area contributed by atoms with Crippen LogP contribution in [0.15, 0.2) is 77.7 Å². The standard InChI is InChI=1S/C21H15ClN2O4S/c22-19-4-2-1-3-18(19)20(25)13-29-17-11-7-15(8-12-17)23-21(26)14-5-9-16(10-6-14)24(27)28/h1-12H,13H2,(H,23,26). The second-order valence-electron chi connectivity index (χ2n) is 5.97. The van der Waals surface area contributed by atoms with Crippen molar-refractivity contribution in [2.45, 2.75) is 4.90 Å². The predicted molar refractivity (Wildman–Crippen MR) is 114 cm³/mol. The molecule has 3 aromatic carbocycles. The molecule has 0 atom stereocenters. The summed E-state index contributed by atoms with van der Waals surface area (Å²) in [5.41, 5.74) is 1.32. The van der Waals surface area contributed by atoms with Crippen LogP contribution in [-0.2, 0) is 0 Å². The number of benzene rings is 3. The van der Waals surface area contributed by atoms with Crippen LogP contribution in [0.25, 0.3) is 0 Å². The van der Waals surface area contributed by atoms with Crippen LogP contribution in [0.2, 0.25) is 5.02 Å². The third-order valence-electron chi connectivity index (χ3n) is 4.00. The van der Waals surface area contributed by atoms with E-state index in [1.165, 1.54) is 36.0 Å². The Hall–Kier alpha value is -3.16. The van der Waals surface area contributed by atoms with Gasteiger partial charge in [-0.2, -0.15) is 0 Å². The zero-order valence-electron chi connectivity index (χ0n) is 15.0. The number of nitrogens with zero attached hydrogens (tertiary/aromatic N) is 1. The highest BCUT2D eigenvalue weighted by molar-refractivity contribution is 8.00. The van der Waals surface area contributed by atoms with Crippen LogP contribution in [0, 0.1) is 10.1 Å². The SMILES string of the molecule is O=C(Nc1ccc(SCC(=O)c2ccccc2Cl)cc1)c1ccc([N+](=O)[O-])cc1. The summed E-state index contributed by atoms with van der Waals surface area (Å²) in [5.74, 6) is -0.177. The number of ketones is 1. The fourth-order valence-corrected chi connectivity index (χ4v) is 3.51. The number of rotatable bonds is 7. The Morgan fingerprint density at radius 2 is 1.62 bits per heavy atom. The lowest BCUT2D eigenvalue weighted by atomic mass is 10.1. The van der Waals surface area contributed by atoms with E-state index >= 15 is 0 Å². The monoisotopic (exact) mass is 426 g/mol. The highest BCUT2D eigenvalue weighted by atomic mass is 35.5. The molecule has 0 saturated heterocycles.